The third-order valence-corrected chi connectivity index (χ3v) is 7.41. The smallest absolute Gasteiger partial charge is 0.268 e. The van der Waals surface area contributed by atoms with Crippen molar-refractivity contribution >= 4 is 22.6 Å². The van der Waals surface area contributed by atoms with Gasteiger partial charge in [0.15, 0.2) is 11.6 Å². The summed E-state index contributed by atoms with van der Waals surface area (Å²) in [6.45, 7) is 5.98. The van der Waals surface area contributed by atoms with Gasteiger partial charge in [-0.25, -0.2) is 14.4 Å². The van der Waals surface area contributed by atoms with Gasteiger partial charge in [0.05, 0.1) is 24.4 Å². The number of hydrogen-bond acceptors (Lipinski definition) is 6. The number of ether oxygens (including phenoxy) is 2. The number of pyridine rings is 3. The van der Waals surface area contributed by atoms with Crippen LogP contribution in [-0.2, 0) is 0 Å². The molecule has 214 valence electrons. The fraction of sp³-hybridized carbons (Fsp3) is 0.250. The van der Waals surface area contributed by atoms with E-state index in [-0.39, 0.29) is 28.8 Å². The fourth-order valence-corrected chi connectivity index (χ4v) is 4.94. The minimum absolute atomic E-state index is 0.00795. The normalized spacial score (nSPS) is 13.0. The van der Waals surface area contributed by atoms with Crippen LogP contribution in [0.25, 0.3) is 16.7 Å². The van der Waals surface area contributed by atoms with Crippen LogP contribution in [0.5, 0.6) is 17.4 Å². The van der Waals surface area contributed by atoms with Crippen LogP contribution >= 0.6 is 0 Å². The maximum Gasteiger partial charge on any atom is 0.268 e. The van der Waals surface area contributed by atoms with Crippen LogP contribution in [0.15, 0.2) is 65.7 Å². The fourth-order valence-electron chi connectivity index (χ4n) is 4.94. The molecule has 1 amide bonds. The van der Waals surface area contributed by atoms with Gasteiger partial charge in [-0.05, 0) is 73.6 Å². The Bertz CT molecular complexity index is 1890. The third kappa shape index (κ3) is 5.11. The molecule has 1 saturated carbocycles. The molecule has 1 aliphatic carbocycles. The van der Waals surface area contributed by atoms with E-state index in [2.05, 4.69) is 34.1 Å². The monoisotopic (exact) mass is 567 g/mol. The molecule has 4 aromatic heterocycles. The number of nitrogens with zero attached hydrogens (tertiary/aromatic N) is 3. The highest BCUT2D eigenvalue weighted by molar-refractivity contribution is 6.04. The summed E-state index contributed by atoms with van der Waals surface area (Å²) in [4.78, 5) is 38.8. The number of amides is 1. The lowest BCUT2D eigenvalue weighted by Gasteiger charge is -2.16. The van der Waals surface area contributed by atoms with E-state index < -0.39 is 17.3 Å². The lowest BCUT2D eigenvalue weighted by atomic mass is 10.1. The number of aromatic nitrogens is 4. The van der Waals surface area contributed by atoms with Crippen molar-refractivity contribution in [1.29, 1.82) is 0 Å². The van der Waals surface area contributed by atoms with Gasteiger partial charge in [-0.1, -0.05) is 13.8 Å². The van der Waals surface area contributed by atoms with Gasteiger partial charge in [0, 0.05) is 35.4 Å². The zero-order valence-electron chi connectivity index (χ0n) is 23.7. The Morgan fingerprint density at radius 1 is 1.10 bits per heavy atom. The highest BCUT2D eigenvalue weighted by Crippen LogP contribution is 2.40. The number of halogens is 1. The van der Waals surface area contributed by atoms with Crippen molar-refractivity contribution in [3.8, 4) is 23.1 Å². The summed E-state index contributed by atoms with van der Waals surface area (Å²) >= 11 is 0. The lowest BCUT2D eigenvalue weighted by molar-refractivity contribution is 0.102. The summed E-state index contributed by atoms with van der Waals surface area (Å²) in [6.07, 6.45) is 5.10. The van der Waals surface area contributed by atoms with E-state index >= 15 is 4.39 Å². The quantitative estimate of drug-likeness (QED) is 0.218. The number of nitrogens with one attached hydrogen (secondary N) is 2. The maximum absolute atomic E-state index is 15.2. The van der Waals surface area contributed by atoms with Gasteiger partial charge in [0.25, 0.3) is 11.5 Å². The molecule has 0 atom stereocenters. The van der Waals surface area contributed by atoms with Gasteiger partial charge in [0.1, 0.15) is 17.0 Å². The Hall–Kier alpha value is -4.99. The Balaban J connectivity index is 1.27. The van der Waals surface area contributed by atoms with E-state index in [0.717, 1.165) is 41.2 Å². The average molecular weight is 568 g/mol. The second kappa shape index (κ2) is 10.8. The molecule has 0 unspecified atom stereocenters. The number of benzene rings is 1. The zero-order valence-corrected chi connectivity index (χ0v) is 23.7. The molecular formula is C32H30FN5O4. The van der Waals surface area contributed by atoms with Crippen LogP contribution in [0.4, 0.5) is 10.1 Å². The van der Waals surface area contributed by atoms with Crippen LogP contribution in [0.3, 0.4) is 0 Å². The zero-order chi connectivity index (χ0) is 29.5. The van der Waals surface area contributed by atoms with Crippen molar-refractivity contribution in [1.82, 2.24) is 19.5 Å². The predicted molar refractivity (Wildman–Crippen MR) is 158 cm³/mol. The van der Waals surface area contributed by atoms with Gasteiger partial charge in [-0.3, -0.25) is 14.2 Å². The number of anilines is 1. The van der Waals surface area contributed by atoms with Crippen molar-refractivity contribution in [2.75, 3.05) is 12.4 Å². The van der Waals surface area contributed by atoms with E-state index in [1.807, 2.05) is 13.0 Å². The summed E-state index contributed by atoms with van der Waals surface area (Å²) in [5, 5.41) is 3.40. The first kappa shape index (κ1) is 27.2. The van der Waals surface area contributed by atoms with Crippen molar-refractivity contribution in [2.45, 2.75) is 45.4 Å². The molecule has 4 heterocycles. The van der Waals surface area contributed by atoms with Crippen molar-refractivity contribution < 1.29 is 18.7 Å². The highest BCUT2D eigenvalue weighted by atomic mass is 19.1. The molecule has 1 aromatic carbocycles. The van der Waals surface area contributed by atoms with Crippen LogP contribution in [0.2, 0.25) is 0 Å². The summed E-state index contributed by atoms with van der Waals surface area (Å²) < 4.78 is 27.8. The summed E-state index contributed by atoms with van der Waals surface area (Å²) in [7, 11) is 1.53. The Morgan fingerprint density at radius 3 is 2.60 bits per heavy atom. The number of H-pyrrole nitrogens is 1. The molecule has 42 heavy (non-hydrogen) atoms. The predicted octanol–water partition coefficient (Wildman–Crippen LogP) is 6.61. The summed E-state index contributed by atoms with van der Waals surface area (Å²) in [5.41, 5.74) is 3.49. The molecule has 0 bridgehead atoms. The van der Waals surface area contributed by atoms with Gasteiger partial charge in [-0.15, -0.1) is 0 Å². The van der Waals surface area contributed by atoms with Crippen molar-refractivity contribution in [2.24, 2.45) is 0 Å². The molecule has 0 spiro atoms. The number of carbonyl (C=O) groups is 1. The van der Waals surface area contributed by atoms with E-state index in [0.29, 0.717) is 23.0 Å². The van der Waals surface area contributed by atoms with Gasteiger partial charge >= 0.3 is 0 Å². The first-order chi connectivity index (χ1) is 20.2. The molecule has 5 aromatic rings. The van der Waals surface area contributed by atoms with Gasteiger partial charge in [-0.2, -0.15) is 0 Å². The summed E-state index contributed by atoms with van der Waals surface area (Å²) in [5.74, 6) is 0.0687. The molecular weight excluding hydrogens is 537 g/mol. The number of aromatic amines is 1. The average Bonchev–Trinajstić information content (AvgIpc) is 3.71. The SMILES string of the molecule is COc1cc(C)c(-n2c(C3CC3)ccc(C(=O)Nc3ccc(Oc4ccnc5[nH]c(C(C)C)cc45)c(F)c3)c2=O)cn1. The number of hydrogen-bond donors (Lipinski definition) is 2. The number of methoxy groups -OCH3 is 1. The van der Waals surface area contributed by atoms with Crippen LogP contribution in [0, 0.1) is 12.7 Å². The van der Waals surface area contributed by atoms with Crippen molar-refractivity contribution in [3.63, 3.8) is 0 Å². The Labute approximate surface area is 241 Å². The molecule has 1 aliphatic rings. The Morgan fingerprint density at radius 2 is 1.90 bits per heavy atom. The summed E-state index contributed by atoms with van der Waals surface area (Å²) in [6, 6.07) is 12.8. The molecule has 10 heteroatoms. The lowest BCUT2D eigenvalue weighted by Crippen LogP contribution is -2.30. The number of aryl methyl sites for hydroxylation is 1. The van der Waals surface area contributed by atoms with Crippen molar-refractivity contribution in [3.05, 3.63) is 99.6 Å². The van der Waals surface area contributed by atoms with Crippen LogP contribution in [0.1, 0.15) is 65.8 Å². The number of rotatable bonds is 8. The van der Waals surface area contributed by atoms with E-state index in [4.69, 9.17) is 9.47 Å². The first-order valence-corrected chi connectivity index (χ1v) is 13.8. The molecule has 1 fully saturated rings. The van der Waals surface area contributed by atoms with Crippen LogP contribution < -0.4 is 20.3 Å². The minimum Gasteiger partial charge on any atom is -0.481 e. The first-order valence-electron chi connectivity index (χ1n) is 13.8. The molecule has 0 radical (unpaired) electrons. The second-order valence-electron chi connectivity index (χ2n) is 10.8. The maximum atomic E-state index is 15.2. The Kier molecular flexibility index (Phi) is 6.97. The molecule has 0 saturated heterocycles. The molecule has 6 rings (SSSR count). The standard InChI is InChI=1S/C32H30FN5O4/c1-17(2)24-15-22-27(11-12-34-30(22)37-24)42-28-10-7-20(14-23(28)33)36-31(39)21-8-9-25(19-5-6-19)38(32(21)40)26-16-35-29(41-4)13-18(26)3/h7-17,19H,5-6H2,1-4H3,(H,34,37)(H,36,39). The minimum atomic E-state index is -0.668. The van der Waals surface area contributed by atoms with E-state index in [1.54, 1.807) is 35.2 Å². The molecule has 2 N–H and O–H groups in total. The topological polar surface area (TPSA) is 111 Å². The largest absolute Gasteiger partial charge is 0.481 e. The third-order valence-electron chi connectivity index (χ3n) is 7.41. The highest BCUT2D eigenvalue weighted by Gasteiger charge is 2.29. The van der Waals surface area contributed by atoms with E-state index in [9.17, 15) is 9.59 Å². The molecule has 0 aliphatic heterocycles. The van der Waals surface area contributed by atoms with Gasteiger partial charge < -0.3 is 19.8 Å². The number of fused-ring (bicyclic) bond motifs is 1. The molecule has 9 nitrogen and oxygen atoms in total. The van der Waals surface area contributed by atoms with E-state index in [1.165, 1.54) is 25.3 Å². The van der Waals surface area contributed by atoms with Gasteiger partial charge in [0.2, 0.25) is 5.88 Å². The second-order valence-corrected chi connectivity index (χ2v) is 10.8. The number of carbonyl (C=O) groups excluding carboxylic acids is 1. The van der Waals surface area contributed by atoms with Crippen LogP contribution in [-0.4, -0.2) is 32.5 Å².